The van der Waals surface area contributed by atoms with Crippen LogP contribution in [-0.4, -0.2) is 56.2 Å². The Morgan fingerprint density at radius 3 is 2.14 bits per heavy atom. The molecule has 0 aliphatic heterocycles. The maximum Gasteiger partial charge on any atom is 0.257 e. The fourth-order valence-corrected chi connectivity index (χ4v) is 4.42. The average Bonchev–Trinajstić information content (AvgIpc) is 3.53. The smallest absolute Gasteiger partial charge is 0.257 e. The molecule has 0 saturated carbocycles. The van der Waals surface area contributed by atoms with Gasteiger partial charge in [0.25, 0.3) is 5.91 Å². The number of aryl methyl sites for hydroxylation is 1. The minimum absolute atomic E-state index is 0.333. The number of hydrogen-bond acceptors (Lipinski definition) is 9. The largest absolute Gasteiger partial charge is 0.493 e. The van der Waals surface area contributed by atoms with Gasteiger partial charge in [0.2, 0.25) is 10.9 Å². The molecule has 0 aliphatic carbocycles. The van der Waals surface area contributed by atoms with Gasteiger partial charge in [0.05, 0.1) is 46.9 Å². The number of nitrogens with zero attached hydrogens (tertiary/aromatic N) is 3. The van der Waals surface area contributed by atoms with Crippen molar-refractivity contribution >= 4 is 23.1 Å². The maximum absolute atomic E-state index is 13.2. The molecule has 0 saturated heterocycles. The van der Waals surface area contributed by atoms with Gasteiger partial charge in [-0.3, -0.25) is 4.79 Å². The van der Waals surface area contributed by atoms with Crippen molar-refractivity contribution in [3.8, 4) is 45.1 Å². The van der Waals surface area contributed by atoms with Crippen molar-refractivity contribution in [1.82, 2.24) is 14.8 Å². The van der Waals surface area contributed by atoms with E-state index in [0.717, 1.165) is 17.0 Å². The van der Waals surface area contributed by atoms with Crippen LogP contribution < -0.4 is 29.0 Å². The quantitative estimate of drug-likeness (QED) is 0.348. The number of ether oxygens (including phenoxy) is 5. The first-order chi connectivity index (χ1) is 17.4. The Bertz CT molecular complexity index is 1370. The van der Waals surface area contributed by atoms with Crippen LogP contribution in [-0.2, 0) is 0 Å². The molecule has 0 radical (unpaired) electrons. The highest BCUT2D eigenvalue weighted by atomic mass is 32.1. The number of amides is 1. The lowest BCUT2D eigenvalue weighted by molar-refractivity contribution is 0.102. The fraction of sp³-hybridized carbons (Fsp3) is 0.240. The molecule has 10 nitrogen and oxygen atoms in total. The van der Waals surface area contributed by atoms with Gasteiger partial charge in [-0.25, -0.2) is 4.98 Å². The Labute approximate surface area is 212 Å². The van der Waals surface area contributed by atoms with E-state index in [0.29, 0.717) is 45.3 Å². The number of nitrogens with one attached hydrogen (secondary N) is 1. The summed E-state index contributed by atoms with van der Waals surface area (Å²) in [4.78, 5) is 17.9. The second-order valence-corrected chi connectivity index (χ2v) is 8.37. The topological polar surface area (TPSA) is 106 Å². The average molecular weight is 511 g/mol. The summed E-state index contributed by atoms with van der Waals surface area (Å²) in [6, 6.07) is 10.5. The molecule has 0 bridgehead atoms. The molecule has 2 aromatic heterocycles. The van der Waals surface area contributed by atoms with Crippen molar-refractivity contribution in [3.05, 3.63) is 53.0 Å². The number of aromatic nitrogens is 3. The molecule has 0 aliphatic rings. The lowest BCUT2D eigenvalue weighted by Crippen LogP contribution is -2.15. The van der Waals surface area contributed by atoms with E-state index in [2.05, 4.69) is 10.4 Å². The second-order valence-electron chi connectivity index (χ2n) is 7.54. The minimum Gasteiger partial charge on any atom is -0.493 e. The van der Waals surface area contributed by atoms with E-state index in [-0.39, 0.29) is 5.91 Å². The maximum atomic E-state index is 13.2. The molecule has 11 heteroatoms. The molecule has 2 heterocycles. The van der Waals surface area contributed by atoms with Crippen LogP contribution in [0.4, 0.5) is 5.82 Å². The molecule has 188 valence electrons. The van der Waals surface area contributed by atoms with Gasteiger partial charge < -0.3 is 29.0 Å². The van der Waals surface area contributed by atoms with Gasteiger partial charge in [-0.15, -0.1) is 11.3 Å². The molecule has 0 unspecified atom stereocenters. The highest BCUT2D eigenvalue weighted by molar-refractivity contribution is 7.12. The van der Waals surface area contributed by atoms with E-state index in [1.54, 1.807) is 37.1 Å². The first-order valence-corrected chi connectivity index (χ1v) is 11.7. The summed E-state index contributed by atoms with van der Waals surface area (Å²) < 4.78 is 28.4. The zero-order valence-corrected chi connectivity index (χ0v) is 21.6. The summed E-state index contributed by atoms with van der Waals surface area (Å²) in [5, 5.41) is 9.94. The van der Waals surface area contributed by atoms with E-state index >= 15 is 0 Å². The van der Waals surface area contributed by atoms with E-state index in [1.165, 1.54) is 32.7 Å². The van der Waals surface area contributed by atoms with Crippen molar-refractivity contribution in [2.45, 2.75) is 6.92 Å². The summed E-state index contributed by atoms with van der Waals surface area (Å²) >= 11 is 1.40. The highest BCUT2D eigenvalue weighted by Gasteiger charge is 2.20. The molecule has 0 atom stereocenters. The number of anilines is 1. The summed E-state index contributed by atoms with van der Waals surface area (Å²) in [5.74, 6) is 2.51. The predicted molar refractivity (Wildman–Crippen MR) is 137 cm³/mol. The predicted octanol–water partition coefficient (Wildman–Crippen LogP) is 4.60. The van der Waals surface area contributed by atoms with Crippen molar-refractivity contribution in [2.75, 3.05) is 40.9 Å². The van der Waals surface area contributed by atoms with Crippen molar-refractivity contribution in [3.63, 3.8) is 0 Å². The van der Waals surface area contributed by atoms with E-state index in [9.17, 15) is 4.79 Å². The van der Waals surface area contributed by atoms with Gasteiger partial charge in [0.15, 0.2) is 23.0 Å². The lowest BCUT2D eigenvalue weighted by Gasteiger charge is -2.14. The van der Waals surface area contributed by atoms with Crippen LogP contribution in [0, 0.1) is 6.92 Å². The molecule has 1 amide bonds. The molecule has 0 spiro atoms. The Morgan fingerprint density at radius 1 is 0.861 bits per heavy atom. The van der Waals surface area contributed by atoms with Gasteiger partial charge in [0, 0.05) is 22.6 Å². The normalized spacial score (nSPS) is 10.6. The van der Waals surface area contributed by atoms with Crippen LogP contribution in [0.25, 0.3) is 16.4 Å². The van der Waals surface area contributed by atoms with Gasteiger partial charge in [-0.2, -0.15) is 9.78 Å². The summed E-state index contributed by atoms with van der Waals surface area (Å²) in [7, 11) is 7.67. The number of benzene rings is 2. The van der Waals surface area contributed by atoms with Crippen molar-refractivity contribution < 1.29 is 28.5 Å². The molecule has 4 rings (SSSR count). The van der Waals surface area contributed by atoms with Crippen LogP contribution in [0.2, 0.25) is 0 Å². The number of methoxy groups -OCH3 is 5. The number of thiazole rings is 1. The molecule has 0 fully saturated rings. The molecular weight excluding hydrogens is 484 g/mol. The summed E-state index contributed by atoms with van der Waals surface area (Å²) in [5.41, 5.74) is 2.66. The summed E-state index contributed by atoms with van der Waals surface area (Å²) in [6.07, 6.45) is 0. The molecule has 4 aromatic rings. The van der Waals surface area contributed by atoms with Crippen LogP contribution in [0.5, 0.6) is 28.7 Å². The first kappa shape index (κ1) is 24.9. The molecule has 2 aromatic carbocycles. The zero-order valence-electron chi connectivity index (χ0n) is 20.7. The van der Waals surface area contributed by atoms with Gasteiger partial charge >= 0.3 is 0 Å². The monoisotopic (exact) mass is 510 g/mol. The molecule has 1 N–H and O–H groups in total. The van der Waals surface area contributed by atoms with Crippen LogP contribution in [0.3, 0.4) is 0 Å². The Balaban J connectivity index is 1.64. The van der Waals surface area contributed by atoms with Crippen molar-refractivity contribution in [2.24, 2.45) is 0 Å². The zero-order chi connectivity index (χ0) is 25.8. The molecular formula is C25H26N4O6S. The number of hydrogen-bond donors (Lipinski definition) is 1. The van der Waals surface area contributed by atoms with Gasteiger partial charge in [-0.1, -0.05) is 0 Å². The third-order valence-electron chi connectivity index (χ3n) is 5.35. The summed E-state index contributed by atoms with van der Waals surface area (Å²) in [6.45, 7) is 1.84. The van der Waals surface area contributed by atoms with Crippen molar-refractivity contribution in [1.29, 1.82) is 0 Å². The fourth-order valence-electron chi connectivity index (χ4n) is 3.62. The highest BCUT2D eigenvalue weighted by Crippen LogP contribution is 2.38. The first-order valence-electron chi connectivity index (χ1n) is 10.8. The SMILES string of the molecule is COc1ccc(-c2csc(-n3nc(C)cc3NC(=O)c3cc(OC)c(OC)c(OC)c3)n2)cc1OC. The van der Waals surface area contributed by atoms with E-state index in [1.807, 2.05) is 30.5 Å². The van der Waals surface area contributed by atoms with Crippen LogP contribution in [0.1, 0.15) is 16.1 Å². The number of carbonyl (C=O) groups excluding carboxylic acids is 1. The third-order valence-corrected chi connectivity index (χ3v) is 6.17. The van der Waals surface area contributed by atoms with E-state index in [4.69, 9.17) is 28.7 Å². The Morgan fingerprint density at radius 2 is 1.53 bits per heavy atom. The Hall–Kier alpha value is -4.25. The lowest BCUT2D eigenvalue weighted by atomic mass is 10.1. The Kier molecular flexibility index (Phi) is 7.30. The van der Waals surface area contributed by atoms with E-state index < -0.39 is 0 Å². The second kappa shape index (κ2) is 10.6. The van der Waals surface area contributed by atoms with Crippen LogP contribution >= 0.6 is 11.3 Å². The number of carbonyl (C=O) groups is 1. The molecule has 36 heavy (non-hydrogen) atoms. The standard InChI is InChI=1S/C25H26N4O6S/c1-14-9-22(27-24(30)16-11-20(33-4)23(35-6)21(12-16)34-5)29(28-14)25-26-17(13-36-25)15-7-8-18(31-2)19(10-15)32-3/h7-13H,1-6H3,(H,27,30). The van der Waals surface area contributed by atoms with Gasteiger partial charge in [-0.05, 0) is 37.3 Å². The number of rotatable bonds is 9. The van der Waals surface area contributed by atoms with Gasteiger partial charge in [0.1, 0.15) is 5.82 Å². The third kappa shape index (κ3) is 4.78. The van der Waals surface area contributed by atoms with Crippen LogP contribution in [0.15, 0.2) is 41.8 Å². The minimum atomic E-state index is -0.368.